The van der Waals surface area contributed by atoms with Crippen molar-refractivity contribution in [2.24, 2.45) is 0 Å². The van der Waals surface area contributed by atoms with E-state index in [1.54, 1.807) is 0 Å². The molecule has 0 amide bonds. The van der Waals surface area contributed by atoms with Gasteiger partial charge in [0.2, 0.25) is 0 Å². The topological polar surface area (TPSA) is 29.5 Å². The van der Waals surface area contributed by atoms with Crippen molar-refractivity contribution in [3.05, 3.63) is 41.5 Å². The molecule has 1 aromatic rings. The van der Waals surface area contributed by atoms with Crippen LogP contribution in [0.3, 0.4) is 0 Å². The summed E-state index contributed by atoms with van der Waals surface area (Å²) in [6.07, 6.45) is 4.29. The van der Waals surface area contributed by atoms with E-state index in [0.29, 0.717) is 0 Å². The minimum absolute atomic E-state index is 0.0844. The van der Waals surface area contributed by atoms with Gasteiger partial charge in [-0.2, -0.15) is 0 Å². The van der Waals surface area contributed by atoms with Crippen molar-refractivity contribution in [3.8, 4) is 0 Å². The number of allylic oxidation sites excluding steroid dienone is 1. The van der Waals surface area contributed by atoms with Crippen molar-refractivity contribution in [1.82, 2.24) is 0 Å². The Morgan fingerprint density at radius 1 is 1.36 bits per heavy atom. The number of aliphatic hydroxyl groups is 1. The first-order chi connectivity index (χ1) is 6.90. The second kappa shape index (κ2) is 4.29. The molecule has 0 saturated heterocycles. The molecule has 1 heterocycles. The van der Waals surface area contributed by atoms with Crippen LogP contribution in [0.15, 0.2) is 30.3 Å². The van der Waals surface area contributed by atoms with Crippen LogP contribution >= 0.6 is 0 Å². The lowest BCUT2D eigenvalue weighted by atomic mass is 10.1. The third-order valence-electron chi connectivity index (χ3n) is 2.33. The van der Waals surface area contributed by atoms with Crippen LogP contribution < -0.4 is 0 Å². The summed E-state index contributed by atoms with van der Waals surface area (Å²) in [6, 6.07) is 7.83. The van der Waals surface area contributed by atoms with Crippen molar-refractivity contribution in [3.63, 3.8) is 0 Å². The molecule has 1 N–H and O–H groups in total. The molecule has 0 aromatic heterocycles. The molecule has 0 unspecified atom stereocenters. The summed E-state index contributed by atoms with van der Waals surface area (Å²) >= 11 is 0. The lowest BCUT2D eigenvalue weighted by molar-refractivity contribution is 0.258. The Labute approximate surface area is 83.8 Å². The fraction of sp³-hybridized carbons (Fsp3) is 0.333. The minimum Gasteiger partial charge on any atom is -0.493 e. The second-order valence-electron chi connectivity index (χ2n) is 3.42. The number of aliphatic hydroxyl groups excluding tert-OH is 1. The molecule has 1 aliphatic heterocycles. The van der Waals surface area contributed by atoms with Crippen LogP contribution in [0.2, 0.25) is 0 Å². The third kappa shape index (κ3) is 1.96. The molecule has 0 aliphatic carbocycles. The van der Waals surface area contributed by atoms with E-state index in [-0.39, 0.29) is 6.61 Å². The van der Waals surface area contributed by atoms with Gasteiger partial charge >= 0.3 is 0 Å². The lowest BCUT2D eigenvalue weighted by Crippen LogP contribution is -2.00. The summed E-state index contributed by atoms with van der Waals surface area (Å²) in [6.45, 7) is 0.885. The molecule has 0 radical (unpaired) electrons. The summed E-state index contributed by atoms with van der Waals surface area (Å²) in [5.74, 6) is 0.951. The van der Waals surface area contributed by atoms with E-state index in [0.717, 1.165) is 36.3 Å². The highest BCUT2D eigenvalue weighted by molar-refractivity contribution is 5.60. The van der Waals surface area contributed by atoms with Crippen LogP contribution in [0, 0.1) is 0 Å². The van der Waals surface area contributed by atoms with Crippen molar-refractivity contribution >= 4 is 5.76 Å². The van der Waals surface area contributed by atoms with Crippen LogP contribution in [0.1, 0.15) is 24.0 Å². The van der Waals surface area contributed by atoms with Gasteiger partial charge in [-0.05, 0) is 30.5 Å². The van der Waals surface area contributed by atoms with Gasteiger partial charge in [-0.1, -0.05) is 18.2 Å². The van der Waals surface area contributed by atoms with Crippen LogP contribution in [0.4, 0.5) is 0 Å². The van der Waals surface area contributed by atoms with Crippen molar-refractivity contribution in [2.45, 2.75) is 19.4 Å². The van der Waals surface area contributed by atoms with E-state index in [9.17, 15) is 0 Å². The van der Waals surface area contributed by atoms with Gasteiger partial charge in [0.1, 0.15) is 5.76 Å². The molecule has 1 aromatic carbocycles. The summed E-state index contributed by atoms with van der Waals surface area (Å²) in [5.41, 5.74) is 1.99. The summed E-state index contributed by atoms with van der Waals surface area (Å²) in [5, 5.41) is 9.00. The van der Waals surface area contributed by atoms with Gasteiger partial charge in [0.15, 0.2) is 0 Å². The molecule has 0 saturated carbocycles. The van der Waals surface area contributed by atoms with E-state index in [1.807, 2.05) is 24.3 Å². The summed E-state index contributed by atoms with van der Waals surface area (Å²) < 4.78 is 5.54. The standard InChI is InChI=1S/C12H14O2/c13-9-10-4-3-5-11(8-10)12-6-1-2-7-14-12/h3-6,8,13H,1-2,7,9H2. The highest BCUT2D eigenvalue weighted by atomic mass is 16.5. The summed E-state index contributed by atoms with van der Waals surface area (Å²) in [7, 11) is 0. The normalized spacial score (nSPS) is 15.9. The third-order valence-corrected chi connectivity index (χ3v) is 2.33. The van der Waals surface area contributed by atoms with Crippen LogP contribution in [0.5, 0.6) is 0 Å². The number of benzene rings is 1. The Balaban J connectivity index is 2.26. The maximum absolute atomic E-state index is 9.00. The Hall–Kier alpha value is -1.28. The molecular weight excluding hydrogens is 176 g/mol. The zero-order valence-corrected chi connectivity index (χ0v) is 8.07. The predicted molar refractivity (Wildman–Crippen MR) is 55.5 cm³/mol. The maximum atomic E-state index is 9.00. The zero-order chi connectivity index (χ0) is 9.80. The molecule has 14 heavy (non-hydrogen) atoms. The van der Waals surface area contributed by atoms with Crippen LogP contribution in [-0.2, 0) is 11.3 Å². The fourth-order valence-electron chi connectivity index (χ4n) is 1.58. The Morgan fingerprint density at radius 3 is 3.00 bits per heavy atom. The minimum atomic E-state index is 0.0844. The zero-order valence-electron chi connectivity index (χ0n) is 8.07. The van der Waals surface area contributed by atoms with Crippen molar-refractivity contribution < 1.29 is 9.84 Å². The highest BCUT2D eigenvalue weighted by Gasteiger charge is 2.06. The highest BCUT2D eigenvalue weighted by Crippen LogP contribution is 2.21. The van der Waals surface area contributed by atoms with Crippen molar-refractivity contribution in [1.29, 1.82) is 0 Å². The molecular formula is C12H14O2. The SMILES string of the molecule is OCc1cccc(C2=CCCCO2)c1. The van der Waals surface area contributed by atoms with Gasteiger partial charge in [0.25, 0.3) is 0 Å². The Kier molecular flexibility index (Phi) is 2.84. The van der Waals surface area contributed by atoms with E-state index >= 15 is 0 Å². The molecule has 74 valence electrons. The molecule has 1 aliphatic rings. The smallest absolute Gasteiger partial charge is 0.122 e. The molecule has 2 nitrogen and oxygen atoms in total. The van der Waals surface area contributed by atoms with Gasteiger partial charge < -0.3 is 9.84 Å². The molecule has 0 fully saturated rings. The average molecular weight is 190 g/mol. The number of hydrogen-bond acceptors (Lipinski definition) is 2. The number of rotatable bonds is 2. The van der Waals surface area contributed by atoms with Gasteiger partial charge in [-0.15, -0.1) is 0 Å². The number of hydrogen-bond donors (Lipinski definition) is 1. The van der Waals surface area contributed by atoms with Crippen LogP contribution in [0.25, 0.3) is 5.76 Å². The quantitative estimate of drug-likeness (QED) is 0.775. The van der Waals surface area contributed by atoms with Crippen LogP contribution in [-0.4, -0.2) is 11.7 Å². The Morgan fingerprint density at radius 2 is 2.29 bits per heavy atom. The molecule has 2 rings (SSSR count). The largest absolute Gasteiger partial charge is 0.493 e. The van der Waals surface area contributed by atoms with Gasteiger partial charge in [-0.3, -0.25) is 0 Å². The van der Waals surface area contributed by atoms with E-state index < -0.39 is 0 Å². The van der Waals surface area contributed by atoms with Crippen molar-refractivity contribution in [2.75, 3.05) is 6.61 Å². The maximum Gasteiger partial charge on any atom is 0.122 e. The molecule has 0 spiro atoms. The number of ether oxygens (including phenoxy) is 1. The fourth-order valence-corrected chi connectivity index (χ4v) is 1.58. The molecule has 0 bridgehead atoms. The predicted octanol–water partition coefficient (Wildman–Crippen LogP) is 2.33. The Bertz CT molecular complexity index is 342. The first kappa shape index (κ1) is 9.28. The van der Waals surface area contributed by atoms with E-state index in [2.05, 4.69) is 6.08 Å². The summed E-state index contributed by atoms with van der Waals surface area (Å²) in [4.78, 5) is 0. The van der Waals surface area contributed by atoms with Gasteiger partial charge in [0.05, 0.1) is 13.2 Å². The first-order valence-corrected chi connectivity index (χ1v) is 4.93. The average Bonchev–Trinajstić information content (AvgIpc) is 2.30. The lowest BCUT2D eigenvalue weighted by Gasteiger charge is -2.15. The second-order valence-corrected chi connectivity index (χ2v) is 3.42. The molecule has 0 atom stereocenters. The first-order valence-electron chi connectivity index (χ1n) is 4.93. The van der Waals surface area contributed by atoms with E-state index in [4.69, 9.17) is 9.84 Å². The van der Waals surface area contributed by atoms with Gasteiger partial charge in [-0.25, -0.2) is 0 Å². The van der Waals surface area contributed by atoms with Gasteiger partial charge in [0, 0.05) is 5.56 Å². The van der Waals surface area contributed by atoms with E-state index in [1.165, 1.54) is 0 Å². The molecule has 2 heteroatoms. The monoisotopic (exact) mass is 190 g/mol.